The van der Waals surface area contributed by atoms with E-state index in [2.05, 4.69) is 10.3 Å². The van der Waals surface area contributed by atoms with Gasteiger partial charge in [-0.05, 0) is 44.2 Å². The minimum absolute atomic E-state index is 0.0288. The van der Waals surface area contributed by atoms with Gasteiger partial charge in [0.2, 0.25) is 5.91 Å². The highest BCUT2D eigenvalue weighted by Crippen LogP contribution is 2.34. The topological polar surface area (TPSA) is 84.1 Å². The van der Waals surface area contributed by atoms with E-state index in [1.165, 1.54) is 30.0 Å². The predicted molar refractivity (Wildman–Crippen MR) is 115 cm³/mol. The van der Waals surface area contributed by atoms with Crippen molar-refractivity contribution in [3.05, 3.63) is 53.1 Å². The monoisotopic (exact) mass is 433 g/mol. The van der Waals surface area contributed by atoms with E-state index < -0.39 is 0 Å². The maximum atomic E-state index is 13.0. The molecule has 0 atom stereocenters. The number of rotatable bonds is 6. The van der Waals surface area contributed by atoms with Gasteiger partial charge in [0, 0.05) is 12.1 Å². The molecule has 1 aliphatic rings. The van der Waals surface area contributed by atoms with Crippen LogP contribution in [0.5, 0.6) is 5.75 Å². The summed E-state index contributed by atoms with van der Waals surface area (Å²) in [4.78, 5) is 30.9. The Morgan fingerprint density at radius 3 is 2.83 bits per heavy atom. The first kappa shape index (κ1) is 21.0. The highest BCUT2D eigenvalue weighted by molar-refractivity contribution is 8.14. The fraction of sp³-hybridized carbons (Fsp3) is 0.250. The normalized spacial score (nSPS) is 15.2. The highest BCUT2D eigenvalue weighted by atomic mass is 35.5. The van der Waals surface area contributed by atoms with Crippen molar-refractivity contribution in [2.24, 2.45) is 4.99 Å². The van der Waals surface area contributed by atoms with Gasteiger partial charge in [0.1, 0.15) is 17.2 Å². The zero-order valence-corrected chi connectivity index (χ0v) is 17.7. The Morgan fingerprint density at radius 2 is 2.21 bits per heavy atom. The fourth-order valence-corrected chi connectivity index (χ4v) is 3.69. The van der Waals surface area contributed by atoms with Gasteiger partial charge in [-0.25, -0.2) is 4.99 Å². The number of methoxy groups -OCH3 is 1. The average molecular weight is 434 g/mol. The molecule has 0 unspecified atom stereocenters. The molecule has 29 heavy (non-hydrogen) atoms. The molecule has 1 aromatic carbocycles. The van der Waals surface area contributed by atoms with Crippen molar-refractivity contribution in [1.82, 2.24) is 5.32 Å². The van der Waals surface area contributed by atoms with Gasteiger partial charge in [-0.3, -0.25) is 14.5 Å². The molecule has 7 nitrogen and oxygen atoms in total. The van der Waals surface area contributed by atoms with Crippen LogP contribution in [0.3, 0.4) is 0 Å². The number of amidine groups is 1. The van der Waals surface area contributed by atoms with Gasteiger partial charge >= 0.3 is 0 Å². The summed E-state index contributed by atoms with van der Waals surface area (Å²) in [6, 6.07) is 8.49. The summed E-state index contributed by atoms with van der Waals surface area (Å²) in [5, 5.41) is 3.57. The number of anilines is 1. The molecule has 0 saturated carbocycles. The van der Waals surface area contributed by atoms with Crippen LogP contribution in [0.4, 0.5) is 5.69 Å². The average Bonchev–Trinajstić information content (AvgIpc) is 3.28. The Labute approximate surface area is 177 Å². The van der Waals surface area contributed by atoms with E-state index in [4.69, 9.17) is 20.8 Å². The van der Waals surface area contributed by atoms with Gasteiger partial charge in [-0.1, -0.05) is 23.4 Å². The third-order valence-corrected chi connectivity index (χ3v) is 5.06. The lowest BCUT2D eigenvalue weighted by Gasteiger charge is -2.19. The number of nitrogens with zero attached hydrogens (tertiary/aromatic N) is 2. The molecule has 9 heteroatoms. The molecule has 2 amide bonds. The summed E-state index contributed by atoms with van der Waals surface area (Å²) in [7, 11) is 1.52. The quantitative estimate of drug-likeness (QED) is 0.697. The summed E-state index contributed by atoms with van der Waals surface area (Å²) in [6.07, 6.45) is 3.07. The van der Waals surface area contributed by atoms with Crippen LogP contribution < -0.4 is 15.0 Å². The first-order valence-corrected chi connectivity index (χ1v) is 10.2. The number of hydrogen-bond acceptors (Lipinski definition) is 6. The Bertz CT molecular complexity index is 970. The molecule has 1 aromatic heterocycles. The Balaban J connectivity index is 1.91. The van der Waals surface area contributed by atoms with E-state index in [1.807, 2.05) is 13.8 Å². The maximum Gasteiger partial charge on any atom is 0.283 e. The minimum atomic E-state index is -0.339. The van der Waals surface area contributed by atoms with Crippen LogP contribution in [0.25, 0.3) is 6.08 Å². The molecule has 1 N–H and O–H groups in total. The number of hydrogen-bond donors (Lipinski definition) is 1. The number of furan rings is 1. The van der Waals surface area contributed by atoms with Crippen LogP contribution in [0.2, 0.25) is 5.02 Å². The molecule has 0 saturated heterocycles. The van der Waals surface area contributed by atoms with Gasteiger partial charge in [-0.15, -0.1) is 0 Å². The molecule has 2 aromatic rings. The van der Waals surface area contributed by atoms with E-state index >= 15 is 0 Å². The molecule has 3 rings (SSSR count). The number of nitrogens with one attached hydrogen (secondary N) is 1. The standard InChI is InChI=1S/C20H20ClN3O4S/c1-12(2)22-18(25)11-29-20-23-16(10-14-5-4-8-28-14)19(26)24(20)13-6-7-17(27-3)15(21)9-13/h4-10,12H,11H2,1-3H3,(H,22,25)/b16-10+. The summed E-state index contributed by atoms with van der Waals surface area (Å²) in [6.45, 7) is 3.77. The first-order valence-electron chi connectivity index (χ1n) is 8.83. The van der Waals surface area contributed by atoms with Crippen LogP contribution >= 0.6 is 23.4 Å². The van der Waals surface area contributed by atoms with Crippen LogP contribution in [0, 0.1) is 0 Å². The zero-order chi connectivity index (χ0) is 21.0. The van der Waals surface area contributed by atoms with E-state index in [0.717, 1.165) is 0 Å². The minimum Gasteiger partial charge on any atom is -0.495 e. The predicted octanol–water partition coefficient (Wildman–Crippen LogP) is 3.94. The second kappa shape index (κ2) is 9.19. The van der Waals surface area contributed by atoms with Crippen molar-refractivity contribution < 1.29 is 18.7 Å². The lowest BCUT2D eigenvalue weighted by atomic mass is 10.2. The van der Waals surface area contributed by atoms with E-state index in [9.17, 15) is 9.59 Å². The van der Waals surface area contributed by atoms with Crippen LogP contribution in [0.15, 0.2) is 51.7 Å². The highest BCUT2D eigenvalue weighted by Gasteiger charge is 2.33. The fourth-order valence-electron chi connectivity index (χ4n) is 2.62. The molecule has 2 heterocycles. The number of carbonyl (C=O) groups is 2. The van der Waals surface area contributed by atoms with Gasteiger partial charge in [0.05, 0.1) is 29.8 Å². The Hall–Kier alpha value is -2.71. The lowest BCUT2D eigenvalue weighted by molar-refractivity contribution is -0.119. The Morgan fingerprint density at radius 1 is 1.41 bits per heavy atom. The van der Waals surface area contributed by atoms with Crippen molar-refractivity contribution >= 4 is 52.1 Å². The van der Waals surface area contributed by atoms with Crippen molar-refractivity contribution in [3.8, 4) is 5.75 Å². The number of ether oxygens (including phenoxy) is 1. The molecule has 0 fully saturated rings. The molecular formula is C20H20ClN3O4S. The van der Waals surface area contributed by atoms with Gasteiger partial charge in [-0.2, -0.15) is 0 Å². The maximum absolute atomic E-state index is 13.0. The first-order chi connectivity index (χ1) is 13.9. The van der Waals surface area contributed by atoms with Crippen LogP contribution in [-0.2, 0) is 9.59 Å². The lowest BCUT2D eigenvalue weighted by Crippen LogP contribution is -2.34. The molecular weight excluding hydrogens is 414 g/mol. The summed E-state index contributed by atoms with van der Waals surface area (Å²) < 4.78 is 10.5. The number of aliphatic imine (C=N–C) groups is 1. The van der Waals surface area contributed by atoms with Gasteiger partial charge in [0.25, 0.3) is 5.91 Å². The summed E-state index contributed by atoms with van der Waals surface area (Å²) in [5.41, 5.74) is 0.734. The number of benzene rings is 1. The number of amides is 2. The zero-order valence-electron chi connectivity index (χ0n) is 16.1. The van der Waals surface area contributed by atoms with Crippen molar-refractivity contribution in [2.75, 3.05) is 17.8 Å². The number of thioether (sulfide) groups is 1. The van der Waals surface area contributed by atoms with E-state index in [1.54, 1.807) is 36.4 Å². The molecule has 0 spiro atoms. The summed E-state index contributed by atoms with van der Waals surface area (Å²) in [5.74, 6) is 0.647. The van der Waals surface area contributed by atoms with Gasteiger partial charge < -0.3 is 14.5 Å². The Kier molecular flexibility index (Phi) is 6.66. The van der Waals surface area contributed by atoms with Crippen molar-refractivity contribution in [1.29, 1.82) is 0 Å². The third kappa shape index (κ3) is 5.02. The van der Waals surface area contributed by atoms with E-state index in [0.29, 0.717) is 27.4 Å². The third-order valence-electron chi connectivity index (χ3n) is 3.83. The molecule has 1 aliphatic heterocycles. The molecule has 0 radical (unpaired) electrons. The number of halogens is 1. The van der Waals surface area contributed by atoms with Crippen LogP contribution in [0.1, 0.15) is 19.6 Å². The molecule has 0 bridgehead atoms. The molecule has 152 valence electrons. The second-order valence-corrected chi connectivity index (χ2v) is 7.76. The van der Waals surface area contributed by atoms with Crippen molar-refractivity contribution in [3.63, 3.8) is 0 Å². The largest absolute Gasteiger partial charge is 0.495 e. The second-order valence-electron chi connectivity index (χ2n) is 6.41. The van der Waals surface area contributed by atoms with Crippen molar-refractivity contribution in [2.45, 2.75) is 19.9 Å². The smallest absolute Gasteiger partial charge is 0.283 e. The summed E-state index contributed by atoms with van der Waals surface area (Å²) >= 11 is 7.41. The van der Waals surface area contributed by atoms with E-state index in [-0.39, 0.29) is 29.3 Å². The van der Waals surface area contributed by atoms with Gasteiger partial charge in [0.15, 0.2) is 5.17 Å². The number of carbonyl (C=O) groups excluding carboxylic acids is 2. The van der Waals surface area contributed by atoms with Crippen LogP contribution in [-0.4, -0.2) is 35.9 Å². The molecule has 0 aliphatic carbocycles. The SMILES string of the molecule is COc1ccc(N2C(=O)/C(=C\c3ccco3)N=C2SCC(=O)NC(C)C)cc1Cl.